The molecule has 0 radical (unpaired) electrons. The molecule has 0 saturated carbocycles. The first-order chi connectivity index (χ1) is 19.4. The van der Waals surface area contributed by atoms with Gasteiger partial charge in [0, 0.05) is 16.5 Å². The molecule has 4 aromatic rings. The average molecular weight is 572 g/mol. The maximum atomic E-state index is 13.9. The van der Waals surface area contributed by atoms with Gasteiger partial charge in [0.05, 0.1) is 23.7 Å². The highest BCUT2D eigenvalue weighted by Crippen LogP contribution is 2.53. The van der Waals surface area contributed by atoms with Crippen LogP contribution < -0.4 is 19.8 Å². The van der Waals surface area contributed by atoms with E-state index in [2.05, 4.69) is 5.32 Å². The van der Waals surface area contributed by atoms with E-state index in [1.54, 1.807) is 37.4 Å². The lowest BCUT2D eigenvalue weighted by Gasteiger charge is -2.30. The van der Waals surface area contributed by atoms with E-state index in [1.165, 1.54) is 21.2 Å². The Hall–Kier alpha value is -4.15. The van der Waals surface area contributed by atoms with Crippen molar-refractivity contribution in [2.24, 2.45) is 5.92 Å². The molecule has 1 saturated heterocycles. The van der Waals surface area contributed by atoms with Crippen molar-refractivity contribution < 1.29 is 19.1 Å². The Kier molecular flexibility index (Phi) is 6.81. The first-order valence-corrected chi connectivity index (χ1v) is 14.4. The second-order valence-corrected chi connectivity index (χ2v) is 11.8. The Balaban J connectivity index is 1.39. The number of anilines is 2. The summed E-state index contributed by atoms with van der Waals surface area (Å²) in [5, 5.41) is 2.70. The minimum Gasteiger partial charge on any atom is -0.497 e. The molecule has 0 bridgehead atoms. The van der Waals surface area contributed by atoms with Gasteiger partial charge in [-0.15, -0.1) is 0 Å². The van der Waals surface area contributed by atoms with Crippen molar-refractivity contribution in [2.75, 3.05) is 17.3 Å². The monoisotopic (exact) mass is 571 g/mol. The Morgan fingerprint density at radius 2 is 1.62 bits per heavy atom. The van der Waals surface area contributed by atoms with Gasteiger partial charge in [0.25, 0.3) is 0 Å². The van der Waals surface area contributed by atoms with Gasteiger partial charge < -0.3 is 10.1 Å². The van der Waals surface area contributed by atoms with Crippen LogP contribution in [0.4, 0.5) is 11.4 Å². The topological polar surface area (TPSA) is 97.7 Å². The number of nitrogens with one attached hydrogen (secondary N) is 1. The highest BCUT2D eigenvalue weighted by Gasteiger charge is 2.56. The molecule has 2 aliphatic rings. The molecule has 3 amide bonds. The summed E-state index contributed by atoms with van der Waals surface area (Å²) in [6.45, 7) is 1.70. The Labute approximate surface area is 238 Å². The number of aryl methyl sites for hydroxylation is 1. The van der Waals surface area contributed by atoms with Crippen molar-refractivity contribution in [1.29, 1.82) is 0 Å². The van der Waals surface area contributed by atoms with E-state index in [4.69, 9.17) is 4.74 Å². The molecule has 3 aromatic carbocycles. The van der Waals surface area contributed by atoms with E-state index >= 15 is 0 Å². The molecule has 202 valence electrons. The van der Waals surface area contributed by atoms with E-state index in [9.17, 15) is 19.2 Å². The molecule has 2 aliphatic heterocycles. The number of nitrogens with zero attached hydrogens (tertiary/aromatic N) is 2. The number of carbonyl (C=O) groups excluding carboxylic acids is 3. The molecular formula is C30H25N3O5S2. The van der Waals surface area contributed by atoms with Crippen LogP contribution in [0.15, 0.2) is 88.7 Å². The average Bonchev–Trinajstić information content (AvgIpc) is 3.41. The smallest absolute Gasteiger partial charge is 0.308 e. The highest BCUT2D eigenvalue weighted by atomic mass is 32.2. The van der Waals surface area contributed by atoms with E-state index < -0.39 is 17.1 Å². The fourth-order valence-electron chi connectivity index (χ4n) is 5.31. The number of aromatic nitrogens is 1. The van der Waals surface area contributed by atoms with Crippen molar-refractivity contribution in [1.82, 2.24) is 4.57 Å². The number of amides is 3. The number of ether oxygens (including phenoxy) is 1. The van der Waals surface area contributed by atoms with Crippen molar-refractivity contribution in [2.45, 2.75) is 29.7 Å². The minimum absolute atomic E-state index is 0.199. The second kappa shape index (κ2) is 10.4. The van der Waals surface area contributed by atoms with Gasteiger partial charge in [0.15, 0.2) is 0 Å². The predicted molar refractivity (Wildman–Crippen MR) is 155 cm³/mol. The number of methoxy groups -OCH3 is 1. The minimum atomic E-state index is -0.744. The maximum Gasteiger partial charge on any atom is 0.308 e. The van der Waals surface area contributed by atoms with Gasteiger partial charge in [0.1, 0.15) is 17.5 Å². The summed E-state index contributed by atoms with van der Waals surface area (Å²) >= 11 is 2.23. The summed E-state index contributed by atoms with van der Waals surface area (Å²) in [5.74, 6) is -1.57. The molecular weight excluding hydrogens is 546 g/mol. The number of imide groups is 1. The number of benzene rings is 3. The zero-order valence-corrected chi connectivity index (χ0v) is 23.3. The molecule has 40 heavy (non-hydrogen) atoms. The normalized spacial score (nSPS) is 19.8. The van der Waals surface area contributed by atoms with Gasteiger partial charge in [-0.3, -0.25) is 23.7 Å². The van der Waals surface area contributed by atoms with Gasteiger partial charge in [-0.05, 0) is 48.4 Å². The molecule has 0 spiro atoms. The summed E-state index contributed by atoms with van der Waals surface area (Å²) in [6.07, 6.45) is 0. The van der Waals surface area contributed by atoms with Crippen LogP contribution in [-0.4, -0.2) is 34.6 Å². The van der Waals surface area contributed by atoms with E-state index in [1.807, 2.05) is 55.5 Å². The van der Waals surface area contributed by atoms with Crippen LogP contribution in [0.2, 0.25) is 0 Å². The SMILES string of the molecule is COc1ccc(N2C(=O)[C@H]3[C@H](c4ccccc4)c4sc(=O)n(CC(=O)Nc5ccccc5C)c4S[C@H]3C2=O)cc1. The van der Waals surface area contributed by atoms with Crippen LogP contribution in [0.5, 0.6) is 5.75 Å². The van der Waals surface area contributed by atoms with Crippen LogP contribution in [0.25, 0.3) is 0 Å². The van der Waals surface area contributed by atoms with Crippen LogP contribution >= 0.6 is 23.1 Å². The molecule has 6 rings (SSSR count). The summed E-state index contributed by atoms with van der Waals surface area (Å²) in [4.78, 5) is 55.7. The Morgan fingerprint density at radius 3 is 2.33 bits per heavy atom. The summed E-state index contributed by atoms with van der Waals surface area (Å²) in [6, 6.07) is 23.7. The quantitative estimate of drug-likeness (QED) is 0.338. The third-order valence-corrected chi connectivity index (χ3v) is 9.86. The van der Waals surface area contributed by atoms with Crippen LogP contribution in [0, 0.1) is 12.8 Å². The standard InChI is InChI=1S/C30H25N3O5S2/c1-17-8-6-7-11-21(17)31-22(34)16-32-29-26(40-30(32)37)23(18-9-4-3-5-10-18)24-25(39-29)28(36)33(27(24)35)19-12-14-20(38-2)15-13-19/h3-15,23-25H,16H2,1-2H3,(H,31,34)/t23-,24-,25+/m0/s1. The van der Waals surface area contributed by atoms with Gasteiger partial charge >= 0.3 is 4.87 Å². The largest absolute Gasteiger partial charge is 0.497 e. The number of thiazole rings is 1. The molecule has 3 heterocycles. The van der Waals surface area contributed by atoms with Gasteiger partial charge in [-0.1, -0.05) is 71.6 Å². The zero-order valence-electron chi connectivity index (χ0n) is 21.7. The van der Waals surface area contributed by atoms with Crippen molar-refractivity contribution in [3.05, 3.63) is 105 Å². The number of carbonyl (C=O) groups is 3. The predicted octanol–water partition coefficient (Wildman–Crippen LogP) is 4.66. The lowest BCUT2D eigenvalue weighted by Crippen LogP contribution is -2.33. The number of para-hydroxylation sites is 1. The Bertz CT molecular complexity index is 1680. The lowest BCUT2D eigenvalue weighted by molar-refractivity contribution is -0.122. The number of fused-ring (bicyclic) bond motifs is 2. The van der Waals surface area contributed by atoms with E-state index in [0.717, 1.165) is 22.5 Å². The fourth-order valence-corrected chi connectivity index (χ4v) is 8.08. The van der Waals surface area contributed by atoms with Crippen molar-refractivity contribution >= 4 is 52.2 Å². The molecule has 1 N–H and O–H groups in total. The molecule has 8 nitrogen and oxygen atoms in total. The first kappa shape index (κ1) is 26.1. The van der Waals surface area contributed by atoms with Crippen molar-refractivity contribution in [3.63, 3.8) is 0 Å². The van der Waals surface area contributed by atoms with Crippen molar-refractivity contribution in [3.8, 4) is 5.75 Å². The van der Waals surface area contributed by atoms with Gasteiger partial charge in [-0.2, -0.15) is 0 Å². The summed E-state index contributed by atoms with van der Waals surface area (Å²) in [5.41, 5.74) is 2.89. The molecule has 3 atom stereocenters. The molecule has 0 aliphatic carbocycles. The highest BCUT2D eigenvalue weighted by molar-refractivity contribution is 8.00. The van der Waals surface area contributed by atoms with Crippen LogP contribution in [0.3, 0.4) is 0 Å². The zero-order chi connectivity index (χ0) is 28.0. The fraction of sp³-hybridized carbons (Fsp3) is 0.200. The van der Waals surface area contributed by atoms with Gasteiger partial charge in [-0.25, -0.2) is 4.90 Å². The molecule has 1 fully saturated rings. The second-order valence-electron chi connectivity index (χ2n) is 9.65. The number of hydrogen-bond acceptors (Lipinski definition) is 7. The summed E-state index contributed by atoms with van der Waals surface area (Å²) < 4.78 is 6.66. The van der Waals surface area contributed by atoms with E-state index in [0.29, 0.717) is 27.0 Å². The summed E-state index contributed by atoms with van der Waals surface area (Å²) in [7, 11) is 1.55. The molecule has 1 aromatic heterocycles. The third kappa shape index (κ3) is 4.43. The van der Waals surface area contributed by atoms with E-state index in [-0.39, 0.29) is 29.1 Å². The first-order valence-electron chi connectivity index (χ1n) is 12.7. The third-order valence-electron chi connectivity index (χ3n) is 7.26. The number of thioether (sulfide) groups is 1. The maximum absolute atomic E-state index is 13.9. The van der Waals surface area contributed by atoms with Gasteiger partial charge in [0.2, 0.25) is 17.7 Å². The lowest BCUT2D eigenvalue weighted by atomic mass is 9.83. The Morgan fingerprint density at radius 1 is 0.925 bits per heavy atom. The molecule has 0 unspecified atom stereocenters. The number of hydrogen-bond donors (Lipinski definition) is 1. The van der Waals surface area contributed by atoms with Crippen LogP contribution in [0.1, 0.15) is 21.9 Å². The molecule has 10 heteroatoms. The van der Waals surface area contributed by atoms with Crippen LogP contribution in [-0.2, 0) is 20.9 Å². The number of rotatable bonds is 6.